The molecule has 3 rings (SSSR count). The van der Waals surface area contributed by atoms with Gasteiger partial charge in [0.25, 0.3) is 5.91 Å². The van der Waals surface area contributed by atoms with Gasteiger partial charge in [-0.05, 0) is 37.5 Å². The van der Waals surface area contributed by atoms with Gasteiger partial charge in [-0.1, -0.05) is 30.3 Å². The lowest BCUT2D eigenvalue weighted by Crippen LogP contribution is -2.31. The Labute approximate surface area is 134 Å². The number of carbonyl (C=O) groups excluding carboxylic acids is 1. The molecule has 5 nitrogen and oxygen atoms in total. The molecule has 1 aliphatic rings. The van der Waals surface area contributed by atoms with E-state index >= 15 is 0 Å². The van der Waals surface area contributed by atoms with Crippen molar-refractivity contribution in [2.24, 2.45) is 0 Å². The van der Waals surface area contributed by atoms with E-state index in [0.29, 0.717) is 17.9 Å². The minimum atomic E-state index is -1.03. The first-order chi connectivity index (χ1) is 11.1. The van der Waals surface area contributed by atoms with Gasteiger partial charge >= 0.3 is 5.97 Å². The smallest absolute Gasteiger partial charge is 0.337 e. The molecule has 1 unspecified atom stereocenters. The van der Waals surface area contributed by atoms with Crippen LogP contribution in [0.25, 0.3) is 0 Å². The summed E-state index contributed by atoms with van der Waals surface area (Å²) < 4.78 is 0. The fraction of sp³-hybridized carbons (Fsp3) is 0.278. The number of carboxylic acids is 1. The number of hydrogen-bond acceptors (Lipinski definition) is 3. The Kier molecular flexibility index (Phi) is 4.10. The van der Waals surface area contributed by atoms with Crippen LogP contribution < -0.4 is 0 Å². The van der Waals surface area contributed by atoms with E-state index in [1.54, 1.807) is 6.92 Å². The van der Waals surface area contributed by atoms with Crippen LogP contribution in [-0.2, 0) is 0 Å². The standard InChI is InChI=1S/C18H18N2O3/c1-12-14(18(22)23)9-10-15(19-12)17(21)20-11-5-8-16(20)13-6-3-2-4-7-13/h2-4,6-7,9-10,16H,5,8,11H2,1H3,(H,22,23). The molecule has 5 heteroatoms. The van der Waals surface area contributed by atoms with E-state index < -0.39 is 5.97 Å². The Balaban J connectivity index is 1.87. The van der Waals surface area contributed by atoms with E-state index in [1.165, 1.54) is 12.1 Å². The predicted octanol–water partition coefficient (Wildman–Crippen LogP) is 3.07. The first-order valence-corrected chi connectivity index (χ1v) is 7.65. The van der Waals surface area contributed by atoms with E-state index in [9.17, 15) is 9.59 Å². The highest BCUT2D eigenvalue weighted by molar-refractivity contribution is 5.94. The highest BCUT2D eigenvalue weighted by atomic mass is 16.4. The number of likely N-dealkylation sites (tertiary alicyclic amines) is 1. The van der Waals surface area contributed by atoms with Crippen LogP contribution in [0.1, 0.15) is 51.0 Å². The van der Waals surface area contributed by atoms with Crippen LogP contribution in [0, 0.1) is 6.92 Å². The van der Waals surface area contributed by atoms with Crippen molar-refractivity contribution in [3.8, 4) is 0 Å². The molecule has 1 atom stereocenters. The maximum Gasteiger partial charge on any atom is 0.337 e. The van der Waals surface area contributed by atoms with E-state index in [2.05, 4.69) is 4.98 Å². The monoisotopic (exact) mass is 310 g/mol. The highest BCUT2D eigenvalue weighted by Gasteiger charge is 2.31. The van der Waals surface area contributed by atoms with Gasteiger partial charge in [-0.2, -0.15) is 0 Å². The number of amides is 1. The van der Waals surface area contributed by atoms with Crippen LogP contribution in [0.3, 0.4) is 0 Å². The zero-order valence-corrected chi connectivity index (χ0v) is 12.9. The number of rotatable bonds is 3. The molecule has 1 fully saturated rings. The zero-order chi connectivity index (χ0) is 16.4. The van der Waals surface area contributed by atoms with Crippen LogP contribution in [0.4, 0.5) is 0 Å². The van der Waals surface area contributed by atoms with Crippen molar-refractivity contribution in [2.45, 2.75) is 25.8 Å². The molecule has 2 heterocycles. The van der Waals surface area contributed by atoms with Gasteiger partial charge in [-0.15, -0.1) is 0 Å². The Hall–Kier alpha value is -2.69. The molecule has 1 saturated heterocycles. The average molecular weight is 310 g/mol. The number of aryl methyl sites for hydroxylation is 1. The molecule has 0 bridgehead atoms. The highest BCUT2D eigenvalue weighted by Crippen LogP contribution is 2.32. The van der Waals surface area contributed by atoms with Crippen molar-refractivity contribution in [3.05, 3.63) is 65.0 Å². The summed E-state index contributed by atoms with van der Waals surface area (Å²) in [4.78, 5) is 29.9. The third-order valence-corrected chi connectivity index (χ3v) is 4.23. The molecular weight excluding hydrogens is 292 g/mol. The number of nitrogens with zero attached hydrogens (tertiary/aromatic N) is 2. The summed E-state index contributed by atoms with van der Waals surface area (Å²) in [6.45, 7) is 2.30. The summed E-state index contributed by atoms with van der Waals surface area (Å²) in [7, 11) is 0. The number of aromatic carboxylic acids is 1. The van der Waals surface area contributed by atoms with E-state index in [4.69, 9.17) is 5.11 Å². The second kappa shape index (κ2) is 6.20. The molecule has 0 radical (unpaired) electrons. The van der Waals surface area contributed by atoms with Gasteiger partial charge < -0.3 is 10.0 Å². The number of aromatic nitrogens is 1. The minimum Gasteiger partial charge on any atom is -0.478 e. The van der Waals surface area contributed by atoms with Crippen LogP contribution in [0.2, 0.25) is 0 Å². The number of carbonyl (C=O) groups is 2. The van der Waals surface area contributed by atoms with E-state index in [0.717, 1.165) is 18.4 Å². The summed E-state index contributed by atoms with van der Waals surface area (Å²) >= 11 is 0. The number of hydrogen-bond donors (Lipinski definition) is 1. The summed E-state index contributed by atoms with van der Waals surface area (Å²) in [5.41, 5.74) is 1.91. The van der Waals surface area contributed by atoms with Crippen molar-refractivity contribution < 1.29 is 14.7 Å². The lowest BCUT2D eigenvalue weighted by molar-refractivity contribution is 0.0689. The van der Waals surface area contributed by atoms with Crippen LogP contribution in [0.5, 0.6) is 0 Å². The topological polar surface area (TPSA) is 70.5 Å². The molecule has 0 spiro atoms. The Morgan fingerprint density at radius 2 is 1.91 bits per heavy atom. The van der Waals surface area contributed by atoms with Crippen molar-refractivity contribution in [1.29, 1.82) is 0 Å². The second-order valence-corrected chi connectivity index (χ2v) is 5.70. The molecule has 23 heavy (non-hydrogen) atoms. The van der Waals surface area contributed by atoms with Gasteiger partial charge in [0.15, 0.2) is 0 Å². The fourth-order valence-electron chi connectivity index (χ4n) is 3.08. The molecule has 1 aliphatic heterocycles. The second-order valence-electron chi connectivity index (χ2n) is 5.70. The number of benzene rings is 1. The predicted molar refractivity (Wildman–Crippen MR) is 85.4 cm³/mol. The van der Waals surface area contributed by atoms with Crippen molar-refractivity contribution in [3.63, 3.8) is 0 Å². The third-order valence-electron chi connectivity index (χ3n) is 4.23. The van der Waals surface area contributed by atoms with Gasteiger partial charge in [-0.3, -0.25) is 4.79 Å². The molecule has 1 N–H and O–H groups in total. The zero-order valence-electron chi connectivity index (χ0n) is 12.9. The molecule has 0 aliphatic carbocycles. The SMILES string of the molecule is Cc1nc(C(=O)N2CCCC2c2ccccc2)ccc1C(=O)O. The lowest BCUT2D eigenvalue weighted by Gasteiger charge is -2.25. The maximum atomic E-state index is 12.8. The maximum absolute atomic E-state index is 12.8. The number of pyridine rings is 1. The average Bonchev–Trinajstić information content (AvgIpc) is 3.04. The Bertz CT molecular complexity index is 743. The van der Waals surface area contributed by atoms with Crippen molar-refractivity contribution in [2.75, 3.05) is 6.54 Å². The molecule has 118 valence electrons. The first kappa shape index (κ1) is 15.2. The molecule has 2 aromatic rings. The molecular formula is C18H18N2O3. The first-order valence-electron chi connectivity index (χ1n) is 7.65. The van der Waals surface area contributed by atoms with Gasteiger partial charge in [-0.25, -0.2) is 9.78 Å². The summed E-state index contributed by atoms with van der Waals surface area (Å²) in [5.74, 6) is -1.17. The largest absolute Gasteiger partial charge is 0.478 e. The van der Waals surface area contributed by atoms with Gasteiger partial charge in [0, 0.05) is 6.54 Å². The summed E-state index contributed by atoms with van der Waals surface area (Å²) in [5, 5.41) is 9.06. The van der Waals surface area contributed by atoms with Crippen LogP contribution >= 0.6 is 0 Å². The fourth-order valence-corrected chi connectivity index (χ4v) is 3.08. The minimum absolute atomic E-state index is 0.0601. The lowest BCUT2D eigenvalue weighted by atomic mass is 10.0. The summed E-state index contributed by atoms with van der Waals surface area (Å²) in [6.07, 6.45) is 1.89. The molecule has 1 amide bonds. The number of carboxylic acid groups (broad SMARTS) is 1. The van der Waals surface area contributed by atoms with Crippen LogP contribution in [0.15, 0.2) is 42.5 Å². The van der Waals surface area contributed by atoms with Crippen LogP contribution in [-0.4, -0.2) is 33.4 Å². The van der Waals surface area contributed by atoms with Gasteiger partial charge in [0.1, 0.15) is 5.69 Å². The van der Waals surface area contributed by atoms with Gasteiger partial charge in [0.2, 0.25) is 0 Å². The normalized spacial score (nSPS) is 17.3. The Morgan fingerprint density at radius 3 is 2.57 bits per heavy atom. The third kappa shape index (κ3) is 2.95. The summed E-state index contributed by atoms with van der Waals surface area (Å²) in [6, 6.07) is 13.0. The van der Waals surface area contributed by atoms with Gasteiger partial charge in [0.05, 0.1) is 17.3 Å². The Morgan fingerprint density at radius 1 is 1.17 bits per heavy atom. The quantitative estimate of drug-likeness (QED) is 0.946. The molecule has 1 aromatic carbocycles. The molecule has 0 saturated carbocycles. The van der Waals surface area contributed by atoms with E-state index in [1.807, 2.05) is 35.2 Å². The van der Waals surface area contributed by atoms with E-state index in [-0.39, 0.29) is 17.5 Å². The molecule has 1 aromatic heterocycles. The van der Waals surface area contributed by atoms with Crippen molar-refractivity contribution >= 4 is 11.9 Å². The van der Waals surface area contributed by atoms with Crippen molar-refractivity contribution in [1.82, 2.24) is 9.88 Å².